The van der Waals surface area contributed by atoms with Crippen LogP contribution in [0.4, 0.5) is 0 Å². The number of hydrogen-bond donors (Lipinski definition) is 2. The number of nitrogens with one attached hydrogen (secondary N) is 2. The molecular formula is C23H32N2O5S. The summed E-state index contributed by atoms with van der Waals surface area (Å²) < 4.78 is 39.2. The maximum atomic E-state index is 13.0. The minimum Gasteiger partial charge on any atom is -0.496 e. The van der Waals surface area contributed by atoms with Crippen molar-refractivity contribution in [3.05, 3.63) is 59.7 Å². The molecular weight excluding hydrogens is 416 g/mol. The quantitative estimate of drug-likeness (QED) is 0.487. The van der Waals surface area contributed by atoms with Gasteiger partial charge in [-0.2, -0.15) is 4.72 Å². The van der Waals surface area contributed by atoms with Gasteiger partial charge in [-0.25, -0.2) is 8.42 Å². The Morgan fingerprint density at radius 1 is 1.10 bits per heavy atom. The van der Waals surface area contributed by atoms with Crippen molar-refractivity contribution in [1.29, 1.82) is 0 Å². The Kier molecular flexibility index (Phi) is 9.48. The Balaban J connectivity index is 2.13. The van der Waals surface area contributed by atoms with Gasteiger partial charge < -0.3 is 14.8 Å². The standard InChI is InChI=1S/C23H32N2O5S/c1-17(2)30-14-8-13-24-23(26)21(16-19-9-6-5-7-10-19)25-31(27,28)20-11-12-22(29-4)18(3)15-20/h5-7,9-12,15,17,21,25H,8,13-14,16H2,1-4H3,(H,24,26)/t21-/m1/s1. The smallest absolute Gasteiger partial charge is 0.241 e. The zero-order valence-electron chi connectivity index (χ0n) is 18.6. The minimum absolute atomic E-state index is 0.0852. The lowest BCUT2D eigenvalue weighted by molar-refractivity contribution is -0.122. The van der Waals surface area contributed by atoms with E-state index in [1.165, 1.54) is 19.2 Å². The molecule has 0 aliphatic carbocycles. The van der Waals surface area contributed by atoms with Crippen LogP contribution in [-0.2, 0) is 26.0 Å². The number of ether oxygens (including phenoxy) is 2. The van der Waals surface area contributed by atoms with E-state index in [0.29, 0.717) is 30.9 Å². The molecule has 170 valence electrons. The topological polar surface area (TPSA) is 93.7 Å². The van der Waals surface area contributed by atoms with Crippen molar-refractivity contribution in [2.24, 2.45) is 0 Å². The Morgan fingerprint density at radius 2 is 1.81 bits per heavy atom. The summed E-state index contributed by atoms with van der Waals surface area (Å²) >= 11 is 0. The average molecular weight is 449 g/mol. The fourth-order valence-electron chi connectivity index (χ4n) is 3.04. The van der Waals surface area contributed by atoms with Crippen LogP contribution in [0, 0.1) is 6.92 Å². The number of amides is 1. The second-order valence-corrected chi connectivity index (χ2v) is 9.27. The third-order valence-electron chi connectivity index (χ3n) is 4.64. The predicted molar refractivity (Wildman–Crippen MR) is 121 cm³/mol. The summed E-state index contributed by atoms with van der Waals surface area (Å²) in [6, 6.07) is 13.0. The first kappa shape index (κ1) is 24.8. The number of hydrogen-bond acceptors (Lipinski definition) is 5. The van der Waals surface area contributed by atoms with Gasteiger partial charge in [0, 0.05) is 13.2 Å². The molecule has 2 N–H and O–H groups in total. The SMILES string of the molecule is COc1ccc(S(=O)(=O)N[C@H](Cc2ccccc2)C(=O)NCCCOC(C)C)cc1C. The fraction of sp³-hybridized carbons (Fsp3) is 0.435. The van der Waals surface area contributed by atoms with Crippen LogP contribution >= 0.6 is 0 Å². The van der Waals surface area contributed by atoms with Crippen LogP contribution in [0.2, 0.25) is 0 Å². The Labute approximate surface area is 185 Å². The van der Waals surface area contributed by atoms with E-state index in [9.17, 15) is 13.2 Å². The highest BCUT2D eigenvalue weighted by Crippen LogP contribution is 2.21. The highest BCUT2D eigenvalue weighted by atomic mass is 32.2. The Morgan fingerprint density at radius 3 is 2.42 bits per heavy atom. The molecule has 2 aromatic rings. The molecule has 2 rings (SSSR count). The molecule has 0 heterocycles. The first-order valence-corrected chi connectivity index (χ1v) is 11.8. The number of methoxy groups -OCH3 is 1. The number of sulfonamides is 1. The molecule has 0 saturated heterocycles. The maximum absolute atomic E-state index is 13.0. The number of carbonyl (C=O) groups is 1. The first-order valence-electron chi connectivity index (χ1n) is 10.3. The minimum atomic E-state index is -3.91. The fourth-order valence-corrected chi connectivity index (χ4v) is 4.32. The van der Waals surface area contributed by atoms with E-state index in [4.69, 9.17) is 9.47 Å². The number of carbonyl (C=O) groups excluding carboxylic acids is 1. The lowest BCUT2D eigenvalue weighted by Crippen LogP contribution is -2.48. The van der Waals surface area contributed by atoms with E-state index in [1.807, 2.05) is 44.2 Å². The molecule has 0 bridgehead atoms. The van der Waals surface area contributed by atoms with Crippen LogP contribution in [-0.4, -0.2) is 46.7 Å². The van der Waals surface area contributed by atoms with Crippen LogP contribution in [0.25, 0.3) is 0 Å². The highest BCUT2D eigenvalue weighted by Gasteiger charge is 2.26. The van der Waals surface area contributed by atoms with Crippen molar-refractivity contribution in [3.63, 3.8) is 0 Å². The van der Waals surface area contributed by atoms with Gasteiger partial charge >= 0.3 is 0 Å². The van der Waals surface area contributed by atoms with Crippen LogP contribution in [0.5, 0.6) is 5.75 Å². The Bertz CT molecular complexity index is 946. The van der Waals surface area contributed by atoms with Crippen LogP contribution < -0.4 is 14.8 Å². The van der Waals surface area contributed by atoms with Crippen LogP contribution in [0.1, 0.15) is 31.4 Å². The number of benzene rings is 2. The summed E-state index contributed by atoms with van der Waals surface area (Å²) in [7, 11) is -2.38. The maximum Gasteiger partial charge on any atom is 0.241 e. The van der Waals surface area contributed by atoms with E-state index in [0.717, 1.165) is 5.56 Å². The van der Waals surface area contributed by atoms with E-state index >= 15 is 0 Å². The molecule has 8 heteroatoms. The summed E-state index contributed by atoms with van der Waals surface area (Å²) in [6.07, 6.45) is 1.01. The van der Waals surface area contributed by atoms with E-state index in [1.54, 1.807) is 13.0 Å². The van der Waals surface area contributed by atoms with Crippen LogP contribution in [0.3, 0.4) is 0 Å². The van der Waals surface area contributed by atoms with Crippen molar-refractivity contribution < 1.29 is 22.7 Å². The molecule has 0 unspecified atom stereocenters. The van der Waals surface area contributed by atoms with Gasteiger partial charge in [-0.3, -0.25) is 4.79 Å². The first-order chi connectivity index (χ1) is 14.7. The van der Waals surface area contributed by atoms with Crippen molar-refractivity contribution in [3.8, 4) is 5.75 Å². The largest absolute Gasteiger partial charge is 0.496 e. The number of rotatable bonds is 12. The molecule has 0 aliphatic heterocycles. The normalized spacial score (nSPS) is 12.5. The molecule has 1 amide bonds. The average Bonchev–Trinajstić information content (AvgIpc) is 2.73. The van der Waals surface area contributed by atoms with Gasteiger partial charge in [0.05, 0.1) is 18.1 Å². The van der Waals surface area contributed by atoms with Crippen molar-refractivity contribution in [2.75, 3.05) is 20.3 Å². The molecule has 0 fully saturated rings. The van der Waals surface area contributed by atoms with Crippen molar-refractivity contribution >= 4 is 15.9 Å². The van der Waals surface area contributed by atoms with E-state index in [-0.39, 0.29) is 23.3 Å². The summed E-state index contributed by atoms with van der Waals surface area (Å²) in [4.78, 5) is 12.9. The third-order valence-corrected chi connectivity index (χ3v) is 6.11. The van der Waals surface area contributed by atoms with E-state index in [2.05, 4.69) is 10.0 Å². The summed E-state index contributed by atoms with van der Waals surface area (Å²) in [5, 5.41) is 2.81. The zero-order valence-corrected chi connectivity index (χ0v) is 19.4. The van der Waals surface area contributed by atoms with Crippen LogP contribution in [0.15, 0.2) is 53.4 Å². The van der Waals surface area contributed by atoms with Gasteiger partial charge in [-0.05, 0) is 62.9 Å². The van der Waals surface area contributed by atoms with Crippen molar-refractivity contribution in [2.45, 2.75) is 50.7 Å². The molecule has 0 aliphatic rings. The molecule has 0 radical (unpaired) electrons. The monoisotopic (exact) mass is 448 g/mol. The Hall–Kier alpha value is -2.42. The molecule has 31 heavy (non-hydrogen) atoms. The lowest BCUT2D eigenvalue weighted by atomic mass is 10.1. The second kappa shape index (κ2) is 11.8. The van der Waals surface area contributed by atoms with Gasteiger partial charge in [0.1, 0.15) is 11.8 Å². The van der Waals surface area contributed by atoms with Gasteiger partial charge in [-0.15, -0.1) is 0 Å². The molecule has 7 nitrogen and oxygen atoms in total. The third kappa shape index (κ3) is 7.97. The molecule has 1 atom stereocenters. The predicted octanol–water partition coefficient (Wildman–Crippen LogP) is 2.82. The lowest BCUT2D eigenvalue weighted by Gasteiger charge is -2.19. The van der Waals surface area contributed by atoms with Crippen molar-refractivity contribution in [1.82, 2.24) is 10.0 Å². The summed E-state index contributed by atoms with van der Waals surface area (Å²) in [5.41, 5.74) is 1.55. The zero-order chi connectivity index (χ0) is 22.9. The number of aryl methyl sites for hydroxylation is 1. The van der Waals surface area contributed by atoms with Gasteiger partial charge in [0.15, 0.2) is 0 Å². The molecule has 0 spiro atoms. The van der Waals surface area contributed by atoms with Gasteiger partial charge in [-0.1, -0.05) is 30.3 Å². The van der Waals surface area contributed by atoms with Gasteiger partial charge in [0.25, 0.3) is 0 Å². The summed E-state index contributed by atoms with van der Waals surface area (Å²) in [5.74, 6) is 0.225. The molecule has 2 aromatic carbocycles. The molecule has 0 aromatic heterocycles. The van der Waals surface area contributed by atoms with Gasteiger partial charge in [0.2, 0.25) is 15.9 Å². The summed E-state index contributed by atoms with van der Waals surface area (Å²) in [6.45, 7) is 6.60. The molecule has 0 saturated carbocycles. The second-order valence-electron chi connectivity index (χ2n) is 7.56. The van der Waals surface area contributed by atoms with E-state index < -0.39 is 16.1 Å². The highest BCUT2D eigenvalue weighted by molar-refractivity contribution is 7.89.